The van der Waals surface area contributed by atoms with Gasteiger partial charge in [-0.05, 0) is 44.0 Å². The van der Waals surface area contributed by atoms with Crippen LogP contribution in [-0.4, -0.2) is 38.1 Å². The van der Waals surface area contributed by atoms with Gasteiger partial charge in [-0.2, -0.15) is 5.10 Å². The second-order valence-electron chi connectivity index (χ2n) is 7.47. The van der Waals surface area contributed by atoms with E-state index in [1.54, 1.807) is 23.4 Å². The molecule has 0 bridgehead atoms. The van der Waals surface area contributed by atoms with Gasteiger partial charge in [0.15, 0.2) is 0 Å². The van der Waals surface area contributed by atoms with E-state index in [0.29, 0.717) is 12.4 Å². The third-order valence-corrected chi connectivity index (χ3v) is 5.01. The number of aryl methyl sites for hydroxylation is 3. The Balaban J connectivity index is 1.32. The zero-order chi connectivity index (χ0) is 21.1. The Kier molecular flexibility index (Phi) is 5.56. The predicted molar refractivity (Wildman–Crippen MR) is 114 cm³/mol. The lowest BCUT2D eigenvalue weighted by atomic mass is 10.1. The van der Waals surface area contributed by atoms with Crippen LogP contribution in [0.3, 0.4) is 0 Å². The molecule has 0 saturated carbocycles. The molecule has 0 unspecified atom stereocenters. The Morgan fingerprint density at radius 1 is 1.03 bits per heavy atom. The highest BCUT2D eigenvalue weighted by Gasteiger charge is 2.24. The number of hydrogen-bond donors (Lipinski definition) is 1. The van der Waals surface area contributed by atoms with Crippen molar-refractivity contribution in [2.45, 2.75) is 39.7 Å². The molecule has 0 aliphatic carbocycles. The van der Waals surface area contributed by atoms with Gasteiger partial charge in [0.2, 0.25) is 11.8 Å². The van der Waals surface area contributed by atoms with Crippen LogP contribution in [0.15, 0.2) is 42.7 Å². The van der Waals surface area contributed by atoms with E-state index in [1.165, 1.54) is 0 Å². The number of pyridine rings is 2. The molecule has 0 aromatic carbocycles. The number of carbonyl (C=O) groups excluding carboxylic acids is 2. The van der Waals surface area contributed by atoms with E-state index in [4.69, 9.17) is 0 Å². The lowest BCUT2D eigenvalue weighted by Gasteiger charge is -2.27. The summed E-state index contributed by atoms with van der Waals surface area (Å²) in [6.45, 7) is 5.36. The maximum Gasteiger partial charge on any atom is 0.228 e. The Labute approximate surface area is 175 Å². The van der Waals surface area contributed by atoms with E-state index in [9.17, 15) is 9.59 Å². The molecule has 0 spiro atoms. The molecule has 2 amide bonds. The minimum absolute atomic E-state index is 0.0697. The summed E-state index contributed by atoms with van der Waals surface area (Å²) in [5.74, 6) is 0.958. The zero-order valence-corrected chi connectivity index (χ0v) is 17.1. The van der Waals surface area contributed by atoms with E-state index in [-0.39, 0.29) is 24.7 Å². The SMILES string of the molecule is Cc1ccc(-c2ccc(NC(=O)CCC(=O)N3CCCn4nc(C)cc43)nc2)nc1. The maximum absolute atomic E-state index is 12.6. The number of rotatable bonds is 5. The third-order valence-electron chi connectivity index (χ3n) is 5.01. The fourth-order valence-corrected chi connectivity index (χ4v) is 3.48. The highest BCUT2D eigenvalue weighted by molar-refractivity contribution is 5.97. The summed E-state index contributed by atoms with van der Waals surface area (Å²) in [4.78, 5) is 35.3. The molecule has 8 heteroatoms. The van der Waals surface area contributed by atoms with E-state index in [2.05, 4.69) is 20.4 Å². The summed E-state index contributed by atoms with van der Waals surface area (Å²) >= 11 is 0. The second-order valence-corrected chi connectivity index (χ2v) is 7.47. The summed E-state index contributed by atoms with van der Waals surface area (Å²) in [6.07, 6.45) is 4.58. The zero-order valence-electron chi connectivity index (χ0n) is 17.1. The molecule has 0 fully saturated rings. The molecule has 1 aliphatic heterocycles. The molecular formula is C22H24N6O2. The van der Waals surface area contributed by atoms with Gasteiger partial charge in [-0.25, -0.2) is 9.67 Å². The lowest BCUT2D eigenvalue weighted by Crippen LogP contribution is -2.37. The predicted octanol–water partition coefficient (Wildman–Crippen LogP) is 3.11. The fraction of sp³-hybridized carbons (Fsp3) is 0.318. The Morgan fingerprint density at radius 2 is 1.90 bits per heavy atom. The highest BCUT2D eigenvalue weighted by atomic mass is 16.2. The van der Waals surface area contributed by atoms with Crippen LogP contribution in [0.25, 0.3) is 11.3 Å². The molecule has 8 nitrogen and oxygen atoms in total. The van der Waals surface area contributed by atoms with Gasteiger partial charge in [0.05, 0.1) is 11.4 Å². The van der Waals surface area contributed by atoms with E-state index in [0.717, 1.165) is 41.3 Å². The molecule has 0 radical (unpaired) electrons. The average molecular weight is 404 g/mol. The van der Waals surface area contributed by atoms with Gasteiger partial charge in [-0.15, -0.1) is 0 Å². The molecule has 154 valence electrons. The number of aromatic nitrogens is 4. The number of carbonyl (C=O) groups is 2. The first kappa shape index (κ1) is 19.8. The topological polar surface area (TPSA) is 93.0 Å². The number of nitrogens with zero attached hydrogens (tertiary/aromatic N) is 5. The maximum atomic E-state index is 12.6. The summed E-state index contributed by atoms with van der Waals surface area (Å²) in [7, 11) is 0. The number of hydrogen-bond acceptors (Lipinski definition) is 5. The van der Waals surface area contributed by atoms with Crippen molar-refractivity contribution in [1.82, 2.24) is 19.7 Å². The smallest absolute Gasteiger partial charge is 0.228 e. The van der Waals surface area contributed by atoms with Crippen molar-refractivity contribution in [3.8, 4) is 11.3 Å². The van der Waals surface area contributed by atoms with Gasteiger partial charge < -0.3 is 5.32 Å². The molecule has 0 saturated heterocycles. The van der Waals surface area contributed by atoms with Crippen LogP contribution < -0.4 is 10.2 Å². The van der Waals surface area contributed by atoms with Gasteiger partial charge in [0.1, 0.15) is 11.6 Å². The molecule has 3 aromatic rings. The van der Waals surface area contributed by atoms with E-state index in [1.807, 2.05) is 42.8 Å². The summed E-state index contributed by atoms with van der Waals surface area (Å²) in [5, 5.41) is 7.15. The Morgan fingerprint density at radius 3 is 2.63 bits per heavy atom. The number of nitrogens with one attached hydrogen (secondary N) is 1. The first-order valence-electron chi connectivity index (χ1n) is 10.0. The van der Waals surface area contributed by atoms with Crippen molar-refractivity contribution in [3.63, 3.8) is 0 Å². The summed E-state index contributed by atoms with van der Waals surface area (Å²) < 4.78 is 1.85. The number of amides is 2. The van der Waals surface area contributed by atoms with Crippen molar-refractivity contribution in [3.05, 3.63) is 54.0 Å². The normalized spacial score (nSPS) is 13.1. The minimum atomic E-state index is -0.237. The molecule has 1 N–H and O–H groups in total. The van der Waals surface area contributed by atoms with E-state index < -0.39 is 0 Å². The van der Waals surface area contributed by atoms with E-state index >= 15 is 0 Å². The highest BCUT2D eigenvalue weighted by Crippen LogP contribution is 2.23. The molecule has 4 rings (SSSR count). The van der Waals surface area contributed by atoms with Crippen LogP contribution in [0, 0.1) is 13.8 Å². The summed E-state index contributed by atoms with van der Waals surface area (Å²) in [6, 6.07) is 9.44. The van der Waals surface area contributed by atoms with Gasteiger partial charge in [0, 0.05) is 50.0 Å². The van der Waals surface area contributed by atoms with Gasteiger partial charge in [-0.1, -0.05) is 6.07 Å². The monoisotopic (exact) mass is 404 g/mol. The standard InChI is InChI=1S/C22H24N6O2/c1-15-4-6-18(23-13-15)17-5-7-19(24-14-17)25-20(29)8-9-22(30)27-10-3-11-28-21(27)12-16(2)26-28/h4-7,12-14H,3,8-11H2,1-2H3,(H,24,25,29). The first-order valence-corrected chi connectivity index (χ1v) is 10.0. The lowest BCUT2D eigenvalue weighted by molar-refractivity contribution is -0.122. The van der Waals surface area contributed by atoms with Crippen molar-refractivity contribution in [2.24, 2.45) is 0 Å². The van der Waals surface area contributed by atoms with Gasteiger partial charge in [-0.3, -0.25) is 19.5 Å². The minimum Gasteiger partial charge on any atom is -0.311 e. The Hall–Kier alpha value is -3.55. The second kappa shape index (κ2) is 8.44. The van der Waals surface area contributed by atoms with Crippen molar-refractivity contribution in [1.29, 1.82) is 0 Å². The first-order chi connectivity index (χ1) is 14.5. The van der Waals surface area contributed by atoms with Crippen molar-refractivity contribution < 1.29 is 9.59 Å². The van der Waals surface area contributed by atoms with Gasteiger partial charge >= 0.3 is 0 Å². The van der Waals surface area contributed by atoms with Crippen LogP contribution in [-0.2, 0) is 16.1 Å². The summed E-state index contributed by atoms with van der Waals surface area (Å²) in [5.41, 5.74) is 3.68. The molecule has 4 heterocycles. The van der Waals surface area contributed by atoms with Crippen LogP contribution in [0.4, 0.5) is 11.6 Å². The number of anilines is 2. The average Bonchev–Trinajstić information content (AvgIpc) is 3.13. The fourth-order valence-electron chi connectivity index (χ4n) is 3.48. The molecule has 3 aromatic heterocycles. The van der Waals surface area contributed by atoms with Crippen molar-refractivity contribution in [2.75, 3.05) is 16.8 Å². The van der Waals surface area contributed by atoms with Crippen LogP contribution in [0.2, 0.25) is 0 Å². The Bertz CT molecular complexity index is 1060. The molecule has 30 heavy (non-hydrogen) atoms. The van der Waals surface area contributed by atoms with Crippen LogP contribution in [0.1, 0.15) is 30.5 Å². The number of fused-ring (bicyclic) bond motifs is 1. The van der Waals surface area contributed by atoms with Crippen LogP contribution in [0.5, 0.6) is 0 Å². The molecule has 0 atom stereocenters. The molecular weight excluding hydrogens is 380 g/mol. The van der Waals surface area contributed by atoms with Crippen LogP contribution >= 0.6 is 0 Å². The molecule has 1 aliphatic rings. The largest absolute Gasteiger partial charge is 0.311 e. The van der Waals surface area contributed by atoms with Crippen molar-refractivity contribution >= 4 is 23.5 Å². The van der Waals surface area contributed by atoms with Gasteiger partial charge in [0.25, 0.3) is 0 Å². The quantitative estimate of drug-likeness (QED) is 0.705. The third kappa shape index (κ3) is 4.37.